The van der Waals surface area contributed by atoms with Crippen molar-refractivity contribution in [3.8, 4) is 11.5 Å². The number of ether oxygens (including phenoxy) is 2. The van der Waals surface area contributed by atoms with Crippen molar-refractivity contribution in [2.45, 2.75) is 12.6 Å². The normalized spacial score (nSPS) is 15.9. The second-order valence-electron chi connectivity index (χ2n) is 3.21. The van der Waals surface area contributed by atoms with Crippen molar-refractivity contribution in [1.29, 1.82) is 0 Å². The zero-order valence-electron chi connectivity index (χ0n) is 7.80. The highest BCUT2D eigenvalue weighted by molar-refractivity contribution is 5.44. The van der Waals surface area contributed by atoms with Gasteiger partial charge in [0.2, 0.25) is 0 Å². The van der Waals surface area contributed by atoms with Crippen LogP contribution in [0, 0.1) is 0 Å². The fraction of sp³-hybridized carbons (Fsp3) is 0.400. The lowest BCUT2D eigenvalue weighted by molar-refractivity contribution is -0.137. The van der Waals surface area contributed by atoms with Gasteiger partial charge in [-0.15, -0.1) is 0 Å². The average Bonchev–Trinajstić information content (AvgIpc) is 2.39. The molecule has 0 radical (unpaired) electrons. The minimum absolute atomic E-state index is 0.169. The first-order chi connectivity index (χ1) is 7.07. The van der Waals surface area contributed by atoms with E-state index in [1.54, 1.807) is 0 Å². The largest absolute Gasteiger partial charge is 0.490 e. The maximum atomic E-state index is 12.4. The van der Waals surface area contributed by atoms with Crippen LogP contribution in [0.1, 0.15) is 12.0 Å². The SMILES string of the molecule is FC(F)(F)c1ccc2c(c1)OCCCO2. The van der Waals surface area contributed by atoms with E-state index in [1.165, 1.54) is 6.07 Å². The van der Waals surface area contributed by atoms with E-state index in [9.17, 15) is 13.2 Å². The van der Waals surface area contributed by atoms with Crippen molar-refractivity contribution < 1.29 is 22.6 Å². The molecule has 1 heterocycles. The van der Waals surface area contributed by atoms with Gasteiger partial charge in [-0.1, -0.05) is 0 Å². The molecule has 1 aliphatic rings. The Bertz CT molecular complexity index is 360. The van der Waals surface area contributed by atoms with Crippen LogP contribution < -0.4 is 9.47 Å². The van der Waals surface area contributed by atoms with Crippen molar-refractivity contribution in [1.82, 2.24) is 0 Å². The summed E-state index contributed by atoms with van der Waals surface area (Å²) < 4.78 is 47.5. The molecule has 0 atom stereocenters. The minimum Gasteiger partial charge on any atom is -0.490 e. The van der Waals surface area contributed by atoms with Crippen molar-refractivity contribution in [3.05, 3.63) is 23.8 Å². The van der Waals surface area contributed by atoms with E-state index in [0.717, 1.165) is 12.1 Å². The van der Waals surface area contributed by atoms with Crippen LogP contribution in [0.3, 0.4) is 0 Å². The summed E-state index contributed by atoms with van der Waals surface area (Å²) in [7, 11) is 0. The number of fused-ring (bicyclic) bond motifs is 1. The van der Waals surface area contributed by atoms with Crippen LogP contribution in [0.4, 0.5) is 13.2 Å². The Balaban J connectivity index is 2.36. The van der Waals surface area contributed by atoms with Crippen molar-refractivity contribution >= 4 is 0 Å². The lowest BCUT2D eigenvalue weighted by Gasteiger charge is -2.11. The number of hydrogen-bond acceptors (Lipinski definition) is 2. The Hall–Kier alpha value is -1.39. The molecule has 2 rings (SSSR count). The van der Waals surface area contributed by atoms with Gasteiger partial charge in [-0.2, -0.15) is 13.2 Å². The third-order valence-electron chi connectivity index (χ3n) is 2.07. The van der Waals surface area contributed by atoms with E-state index >= 15 is 0 Å². The van der Waals surface area contributed by atoms with Crippen LogP contribution >= 0.6 is 0 Å². The molecule has 0 fully saturated rings. The van der Waals surface area contributed by atoms with Crippen LogP contribution in [0.5, 0.6) is 11.5 Å². The molecule has 82 valence electrons. The summed E-state index contributed by atoms with van der Waals surface area (Å²) in [5, 5.41) is 0. The highest BCUT2D eigenvalue weighted by Gasteiger charge is 2.31. The van der Waals surface area contributed by atoms with Gasteiger partial charge in [0.05, 0.1) is 18.8 Å². The first-order valence-corrected chi connectivity index (χ1v) is 4.54. The summed E-state index contributed by atoms with van der Waals surface area (Å²) in [5.41, 5.74) is -0.716. The average molecular weight is 218 g/mol. The molecule has 0 saturated heterocycles. The summed E-state index contributed by atoms with van der Waals surface area (Å²) >= 11 is 0. The van der Waals surface area contributed by atoms with Crippen LogP contribution in [-0.2, 0) is 6.18 Å². The van der Waals surface area contributed by atoms with E-state index < -0.39 is 11.7 Å². The van der Waals surface area contributed by atoms with E-state index in [4.69, 9.17) is 9.47 Å². The maximum absolute atomic E-state index is 12.4. The Labute approximate surface area is 84.6 Å². The van der Waals surface area contributed by atoms with Gasteiger partial charge in [0, 0.05) is 6.42 Å². The highest BCUT2D eigenvalue weighted by atomic mass is 19.4. The van der Waals surface area contributed by atoms with Gasteiger partial charge in [-0.05, 0) is 18.2 Å². The zero-order valence-corrected chi connectivity index (χ0v) is 7.80. The first kappa shape index (κ1) is 10.1. The molecule has 0 unspecified atom stereocenters. The summed E-state index contributed by atoms with van der Waals surface area (Å²) in [6, 6.07) is 3.26. The van der Waals surface area contributed by atoms with Crippen molar-refractivity contribution in [3.63, 3.8) is 0 Å². The molecule has 5 heteroatoms. The van der Waals surface area contributed by atoms with E-state index in [2.05, 4.69) is 0 Å². The van der Waals surface area contributed by atoms with Crippen LogP contribution in [0.15, 0.2) is 18.2 Å². The van der Waals surface area contributed by atoms with E-state index in [-0.39, 0.29) is 5.75 Å². The summed E-state index contributed by atoms with van der Waals surface area (Å²) in [4.78, 5) is 0. The topological polar surface area (TPSA) is 18.5 Å². The lowest BCUT2D eigenvalue weighted by Crippen LogP contribution is -2.05. The number of benzene rings is 1. The van der Waals surface area contributed by atoms with Gasteiger partial charge < -0.3 is 9.47 Å². The fourth-order valence-electron chi connectivity index (χ4n) is 1.34. The highest BCUT2D eigenvalue weighted by Crippen LogP contribution is 2.37. The molecule has 0 aromatic heterocycles. The predicted octanol–water partition coefficient (Wildman–Crippen LogP) is 2.87. The molecule has 0 amide bonds. The minimum atomic E-state index is -4.34. The Morgan fingerprint density at radius 3 is 2.33 bits per heavy atom. The zero-order chi connectivity index (χ0) is 10.9. The monoisotopic (exact) mass is 218 g/mol. The third kappa shape index (κ3) is 2.16. The van der Waals surface area contributed by atoms with Gasteiger partial charge in [-0.3, -0.25) is 0 Å². The van der Waals surface area contributed by atoms with Gasteiger partial charge >= 0.3 is 6.18 Å². The molecule has 15 heavy (non-hydrogen) atoms. The lowest BCUT2D eigenvalue weighted by atomic mass is 10.2. The van der Waals surface area contributed by atoms with Gasteiger partial charge in [0.1, 0.15) is 0 Å². The van der Waals surface area contributed by atoms with Gasteiger partial charge in [-0.25, -0.2) is 0 Å². The summed E-state index contributed by atoms with van der Waals surface area (Å²) in [5.74, 6) is 0.544. The fourth-order valence-corrected chi connectivity index (χ4v) is 1.34. The second kappa shape index (κ2) is 3.64. The second-order valence-corrected chi connectivity index (χ2v) is 3.21. The number of alkyl halides is 3. The number of hydrogen-bond donors (Lipinski definition) is 0. The molecular weight excluding hydrogens is 209 g/mol. The molecular formula is C10H9F3O2. The quantitative estimate of drug-likeness (QED) is 0.666. The number of halogens is 3. The smallest absolute Gasteiger partial charge is 0.416 e. The van der Waals surface area contributed by atoms with Crippen LogP contribution in [0.25, 0.3) is 0 Å². The molecule has 0 saturated carbocycles. The van der Waals surface area contributed by atoms with E-state index in [1.807, 2.05) is 0 Å². The molecule has 0 aliphatic carbocycles. The molecule has 1 aromatic rings. The molecule has 0 spiro atoms. The Morgan fingerprint density at radius 1 is 1.00 bits per heavy atom. The summed E-state index contributed by atoms with van der Waals surface area (Å²) in [6.45, 7) is 0.854. The molecule has 1 aromatic carbocycles. The van der Waals surface area contributed by atoms with Crippen LogP contribution in [-0.4, -0.2) is 13.2 Å². The first-order valence-electron chi connectivity index (χ1n) is 4.54. The van der Waals surface area contributed by atoms with Crippen molar-refractivity contribution in [2.75, 3.05) is 13.2 Å². The third-order valence-corrected chi connectivity index (χ3v) is 2.07. The predicted molar refractivity (Wildman–Crippen MR) is 47.1 cm³/mol. The molecule has 0 bridgehead atoms. The van der Waals surface area contributed by atoms with Crippen LogP contribution in [0.2, 0.25) is 0 Å². The molecule has 2 nitrogen and oxygen atoms in total. The van der Waals surface area contributed by atoms with Gasteiger partial charge in [0.15, 0.2) is 11.5 Å². The molecule has 0 N–H and O–H groups in total. The maximum Gasteiger partial charge on any atom is 0.416 e. The standard InChI is InChI=1S/C10H9F3O2/c11-10(12,13)7-2-3-8-9(6-7)15-5-1-4-14-8/h2-3,6H,1,4-5H2. The van der Waals surface area contributed by atoms with Gasteiger partial charge in [0.25, 0.3) is 0 Å². The Kier molecular flexibility index (Phi) is 2.46. The molecule has 1 aliphatic heterocycles. The number of rotatable bonds is 0. The van der Waals surface area contributed by atoms with Crippen molar-refractivity contribution in [2.24, 2.45) is 0 Å². The summed E-state index contributed by atoms with van der Waals surface area (Å²) in [6.07, 6.45) is -3.67. The van der Waals surface area contributed by atoms with E-state index in [0.29, 0.717) is 25.4 Å². The Morgan fingerprint density at radius 2 is 1.67 bits per heavy atom.